The minimum Gasteiger partial charge on any atom is -0.312 e. The van der Waals surface area contributed by atoms with Crippen molar-refractivity contribution in [2.75, 3.05) is 19.6 Å². The number of hydrogen-bond acceptors (Lipinski definition) is 2. The molecular weight excluding hydrogens is 244 g/mol. The SMILES string of the molecule is CC(C)C1(CNC2CCN(Cc3ccccc3)C2)CC1. The lowest BCUT2D eigenvalue weighted by molar-refractivity contribution is 0.297. The molecule has 2 aliphatic rings. The minimum atomic E-state index is 0.632. The number of likely N-dealkylation sites (tertiary alicyclic amines) is 1. The maximum atomic E-state index is 3.84. The molecule has 1 atom stereocenters. The number of benzene rings is 1. The lowest BCUT2D eigenvalue weighted by atomic mass is 9.92. The van der Waals surface area contributed by atoms with Crippen LogP contribution in [0.5, 0.6) is 0 Å². The molecule has 0 amide bonds. The zero-order chi connectivity index (χ0) is 14.0. The first-order valence-corrected chi connectivity index (χ1v) is 8.18. The van der Waals surface area contributed by atoms with E-state index in [0.29, 0.717) is 11.5 Å². The second-order valence-corrected chi connectivity index (χ2v) is 7.10. The second kappa shape index (κ2) is 5.87. The fourth-order valence-corrected chi connectivity index (χ4v) is 3.45. The van der Waals surface area contributed by atoms with E-state index in [1.807, 2.05) is 0 Å². The van der Waals surface area contributed by atoms with Gasteiger partial charge in [0.25, 0.3) is 0 Å². The minimum absolute atomic E-state index is 0.632. The zero-order valence-corrected chi connectivity index (χ0v) is 12.9. The maximum absolute atomic E-state index is 3.84. The van der Waals surface area contributed by atoms with Crippen LogP contribution in [0.2, 0.25) is 0 Å². The summed E-state index contributed by atoms with van der Waals surface area (Å²) in [7, 11) is 0. The molecular formula is C18H28N2. The predicted octanol–water partition coefficient (Wildman–Crippen LogP) is 3.29. The van der Waals surface area contributed by atoms with E-state index < -0.39 is 0 Å². The number of nitrogens with zero attached hydrogens (tertiary/aromatic N) is 1. The van der Waals surface area contributed by atoms with Crippen molar-refractivity contribution >= 4 is 0 Å². The molecule has 110 valence electrons. The summed E-state index contributed by atoms with van der Waals surface area (Å²) >= 11 is 0. The van der Waals surface area contributed by atoms with E-state index in [1.165, 1.54) is 44.5 Å². The van der Waals surface area contributed by atoms with Gasteiger partial charge >= 0.3 is 0 Å². The van der Waals surface area contributed by atoms with Gasteiger partial charge < -0.3 is 5.32 Å². The molecule has 1 heterocycles. The van der Waals surface area contributed by atoms with E-state index in [-0.39, 0.29) is 0 Å². The van der Waals surface area contributed by atoms with Crippen LogP contribution in [-0.4, -0.2) is 30.6 Å². The van der Waals surface area contributed by atoms with Crippen molar-refractivity contribution in [2.45, 2.75) is 45.7 Å². The van der Waals surface area contributed by atoms with E-state index in [0.717, 1.165) is 12.5 Å². The molecule has 1 unspecified atom stereocenters. The second-order valence-electron chi connectivity index (χ2n) is 7.10. The van der Waals surface area contributed by atoms with Crippen molar-refractivity contribution < 1.29 is 0 Å². The number of hydrogen-bond donors (Lipinski definition) is 1. The summed E-state index contributed by atoms with van der Waals surface area (Å²) < 4.78 is 0. The number of nitrogens with one attached hydrogen (secondary N) is 1. The van der Waals surface area contributed by atoms with Crippen LogP contribution < -0.4 is 5.32 Å². The smallest absolute Gasteiger partial charge is 0.0234 e. The van der Waals surface area contributed by atoms with E-state index in [1.54, 1.807) is 0 Å². The Morgan fingerprint density at radius 3 is 2.65 bits per heavy atom. The summed E-state index contributed by atoms with van der Waals surface area (Å²) in [4.78, 5) is 2.59. The third kappa shape index (κ3) is 3.24. The summed E-state index contributed by atoms with van der Waals surface area (Å²) in [6.07, 6.45) is 4.16. The Bertz CT molecular complexity index is 422. The van der Waals surface area contributed by atoms with Crippen molar-refractivity contribution in [1.29, 1.82) is 0 Å². The molecule has 1 aromatic carbocycles. The molecule has 2 heteroatoms. The molecule has 1 aliphatic heterocycles. The van der Waals surface area contributed by atoms with E-state index in [2.05, 4.69) is 54.4 Å². The molecule has 20 heavy (non-hydrogen) atoms. The first kappa shape index (κ1) is 14.1. The molecule has 2 nitrogen and oxygen atoms in total. The highest BCUT2D eigenvalue weighted by Crippen LogP contribution is 2.51. The van der Waals surface area contributed by atoms with E-state index in [4.69, 9.17) is 0 Å². The summed E-state index contributed by atoms with van der Waals surface area (Å²) in [5.74, 6) is 0.830. The van der Waals surface area contributed by atoms with Gasteiger partial charge in [-0.2, -0.15) is 0 Å². The standard InChI is InChI=1S/C18H28N2/c1-15(2)18(9-10-18)14-19-17-8-11-20(13-17)12-16-6-4-3-5-7-16/h3-7,15,17,19H,8-14H2,1-2H3. The fourth-order valence-electron chi connectivity index (χ4n) is 3.45. The summed E-state index contributed by atoms with van der Waals surface area (Å²) in [5.41, 5.74) is 2.07. The molecule has 0 bridgehead atoms. The topological polar surface area (TPSA) is 15.3 Å². The van der Waals surface area contributed by atoms with Crippen LogP contribution in [0.15, 0.2) is 30.3 Å². The van der Waals surface area contributed by atoms with Gasteiger partial charge in [-0.25, -0.2) is 0 Å². The third-order valence-electron chi connectivity index (χ3n) is 5.38. The molecule has 1 N–H and O–H groups in total. The normalized spacial score (nSPS) is 25.2. The molecule has 1 saturated heterocycles. The van der Waals surface area contributed by atoms with Gasteiger partial charge in [0.05, 0.1) is 0 Å². The monoisotopic (exact) mass is 272 g/mol. The highest BCUT2D eigenvalue weighted by atomic mass is 15.2. The van der Waals surface area contributed by atoms with Crippen molar-refractivity contribution in [3.8, 4) is 0 Å². The Morgan fingerprint density at radius 1 is 1.25 bits per heavy atom. The Hall–Kier alpha value is -0.860. The van der Waals surface area contributed by atoms with Crippen LogP contribution in [0.1, 0.15) is 38.7 Å². The molecule has 1 aliphatic carbocycles. The van der Waals surface area contributed by atoms with Gasteiger partial charge in [-0.3, -0.25) is 4.90 Å². The van der Waals surface area contributed by atoms with Crippen LogP contribution in [0.3, 0.4) is 0 Å². The molecule has 3 rings (SSSR count). The predicted molar refractivity (Wildman–Crippen MR) is 84.6 cm³/mol. The Morgan fingerprint density at radius 2 is 2.00 bits per heavy atom. The average Bonchev–Trinajstić information content (AvgIpc) is 3.13. The first-order valence-electron chi connectivity index (χ1n) is 8.18. The number of rotatable bonds is 6. The molecule has 1 saturated carbocycles. The summed E-state index contributed by atoms with van der Waals surface area (Å²) in [6, 6.07) is 11.5. The van der Waals surface area contributed by atoms with Crippen LogP contribution >= 0.6 is 0 Å². The average molecular weight is 272 g/mol. The molecule has 2 fully saturated rings. The van der Waals surface area contributed by atoms with Crippen molar-refractivity contribution in [1.82, 2.24) is 10.2 Å². The van der Waals surface area contributed by atoms with Gasteiger partial charge in [-0.1, -0.05) is 44.2 Å². The molecule has 0 spiro atoms. The third-order valence-corrected chi connectivity index (χ3v) is 5.38. The van der Waals surface area contributed by atoms with Crippen molar-refractivity contribution in [2.24, 2.45) is 11.3 Å². The fraction of sp³-hybridized carbons (Fsp3) is 0.667. The summed E-state index contributed by atoms with van der Waals surface area (Å²) in [5, 5.41) is 3.84. The Balaban J connectivity index is 1.43. The van der Waals surface area contributed by atoms with Gasteiger partial charge in [-0.15, -0.1) is 0 Å². The Labute approximate surface area is 123 Å². The van der Waals surface area contributed by atoms with Crippen molar-refractivity contribution in [3.63, 3.8) is 0 Å². The largest absolute Gasteiger partial charge is 0.312 e. The highest BCUT2D eigenvalue weighted by molar-refractivity contribution is 5.14. The van der Waals surface area contributed by atoms with E-state index >= 15 is 0 Å². The van der Waals surface area contributed by atoms with Gasteiger partial charge in [0, 0.05) is 32.2 Å². The lowest BCUT2D eigenvalue weighted by Crippen LogP contribution is -2.37. The van der Waals surface area contributed by atoms with Gasteiger partial charge in [0.15, 0.2) is 0 Å². The highest BCUT2D eigenvalue weighted by Gasteiger charge is 2.45. The van der Waals surface area contributed by atoms with Crippen LogP contribution in [0.25, 0.3) is 0 Å². The van der Waals surface area contributed by atoms with Crippen LogP contribution in [-0.2, 0) is 6.54 Å². The first-order chi connectivity index (χ1) is 9.68. The van der Waals surface area contributed by atoms with Crippen LogP contribution in [0, 0.1) is 11.3 Å². The van der Waals surface area contributed by atoms with Gasteiger partial charge in [-0.05, 0) is 36.2 Å². The summed E-state index contributed by atoms with van der Waals surface area (Å²) in [6.45, 7) is 9.54. The van der Waals surface area contributed by atoms with E-state index in [9.17, 15) is 0 Å². The molecule has 0 radical (unpaired) electrons. The quantitative estimate of drug-likeness (QED) is 0.855. The molecule has 0 aromatic heterocycles. The van der Waals surface area contributed by atoms with Crippen LogP contribution in [0.4, 0.5) is 0 Å². The lowest BCUT2D eigenvalue weighted by Gasteiger charge is -2.23. The van der Waals surface area contributed by atoms with Gasteiger partial charge in [0.2, 0.25) is 0 Å². The molecule has 1 aromatic rings. The zero-order valence-electron chi connectivity index (χ0n) is 12.9. The maximum Gasteiger partial charge on any atom is 0.0234 e. The Kier molecular flexibility index (Phi) is 4.13. The van der Waals surface area contributed by atoms with Gasteiger partial charge in [0.1, 0.15) is 0 Å². The van der Waals surface area contributed by atoms with Crippen molar-refractivity contribution in [3.05, 3.63) is 35.9 Å².